The molecule has 0 radical (unpaired) electrons. The molecular formula is C18H26O2. The summed E-state index contributed by atoms with van der Waals surface area (Å²) in [5.41, 5.74) is 1.03. The molecule has 1 aliphatic rings. The topological polar surface area (TPSA) is 26.3 Å². The van der Waals surface area contributed by atoms with E-state index in [1.807, 2.05) is 31.2 Å². The maximum absolute atomic E-state index is 12.2. The van der Waals surface area contributed by atoms with Crippen molar-refractivity contribution < 1.29 is 9.53 Å². The van der Waals surface area contributed by atoms with Crippen LogP contribution in [-0.2, 0) is 4.79 Å². The summed E-state index contributed by atoms with van der Waals surface area (Å²) < 4.78 is 5.56. The van der Waals surface area contributed by atoms with Gasteiger partial charge < -0.3 is 4.74 Å². The zero-order valence-electron chi connectivity index (χ0n) is 12.7. The molecule has 2 nitrogen and oxygen atoms in total. The molecule has 0 aromatic heterocycles. The Morgan fingerprint density at radius 1 is 1.20 bits per heavy atom. The second kappa shape index (κ2) is 7.47. The molecule has 1 aromatic carbocycles. The molecule has 2 heteroatoms. The van der Waals surface area contributed by atoms with Gasteiger partial charge in [0.1, 0.15) is 5.75 Å². The molecule has 2 rings (SSSR count). The third-order valence-electron chi connectivity index (χ3n) is 4.45. The lowest BCUT2D eigenvalue weighted by Gasteiger charge is -2.27. The van der Waals surface area contributed by atoms with Crippen LogP contribution < -0.4 is 4.74 Å². The third kappa shape index (κ3) is 4.09. The maximum atomic E-state index is 12.2. The number of para-hydroxylation sites is 1. The Kier molecular flexibility index (Phi) is 5.63. The number of rotatable bonds is 5. The summed E-state index contributed by atoms with van der Waals surface area (Å²) in [7, 11) is 0. The van der Waals surface area contributed by atoms with E-state index in [0.29, 0.717) is 5.75 Å². The molecule has 1 fully saturated rings. The predicted molar refractivity (Wildman–Crippen MR) is 81.8 cm³/mol. The molecule has 1 aliphatic carbocycles. The van der Waals surface area contributed by atoms with Crippen molar-refractivity contribution in [1.82, 2.24) is 0 Å². The smallest absolute Gasteiger partial charge is 0.314 e. The summed E-state index contributed by atoms with van der Waals surface area (Å²) in [6, 6.07) is 7.73. The Balaban J connectivity index is 1.82. The van der Waals surface area contributed by atoms with E-state index in [1.165, 1.54) is 32.1 Å². The summed E-state index contributed by atoms with van der Waals surface area (Å²) in [6.45, 7) is 4.22. The minimum Gasteiger partial charge on any atom is -0.426 e. The van der Waals surface area contributed by atoms with Gasteiger partial charge in [0.2, 0.25) is 0 Å². The van der Waals surface area contributed by atoms with Gasteiger partial charge in [-0.25, -0.2) is 0 Å². The average Bonchev–Trinajstić information content (AvgIpc) is 2.48. The molecule has 0 spiro atoms. The van der Waals surface area contributed by atoms with Crippen molar-refractivity contribution in [2.75, 3.05) is 0 Å². The normalized spacial score (nSPS) is 22.5. The van der Waals surface area contributed by atoms with Crippen molar-refractivity contribution in [1.29, 1.82) is 0 Å². The number of aryl methyl sites for hydroxylation is 1. The first kappa shape index (κ1) is 15.1. The van der Waals surface area contributed by atoms with Gasteiger partial charge in [0, 0.05) is 0 Å². The number of carbonyl (C=O) groups excluding carboxylic acids is 1. The van der Waals surface area contributed by atoms with Gasteiger partial charge in [-0.05, 0) is 50.2 Å². The van der Waals surface area contributed by atoms with Crippen molar-refractivity contribution >= 4 is 5.97 Å². The summed E-state index contributed by atoms with van der Waals surface area (Å²) >= 11 is 0. The highest BCUT2D eigenvalue weighted by atomic mass is 16.5. The lowest BCUT2D eigenvalue weighted by atomic mass is 9.80. The van der Waals surface area contributed by atoms with Gasteiger partial charge >= 0.3 is 5.97 Å². The molecule has 0 N–H and O–H groups in total. The average molecular weight is 274 g/mol. The number of esters is 1. The van der Waals surface area contributed by atoms with Crippen LogP contribution in [0.3, 0.4) is 0 Å². The van der Waals surface area contributed by atoms with Crippen LogP contribution >= 0.6 is 0 Å². The fraction of sp³-hybridized carbons (Fsp3) is 0.611. The largest absolute Gasteiger partial charge is 0.426 e. The zero-order valence-corrected chi connectivity index (χ0v) is 12.7. The van der Waals surface area contributed by atoms with Gasteiger partial charge in [-0.15, -0.1) is 0 Å². The number of carbonyl (C=O) groups is 1. The lowest BCUT2D eigenvalue weighted by molar-refractivity contribution is -0.140. The van der Waals surface area contributed by atoms with E-state index < -0.39 is 0 Å². The zero-order chi connectivity index (χ0) is 14.4. The number of benzene rings is 1. The standard InChI is InChI=1S/C18H26O2/c1-3-4-8-15-10-12-16(13-11-15)18(19)20-17-9-6-5-7-14(17)2/h5-7,9,15-16H,3-4,8,10-13H2,1-2H3. The summed E-state index contributed by atoms with van der Waals surface area (Å²) in [5.74, 6) is 1.61. The molecule has 0 atom stereocenters. The number of unbranched alkanes of at least 4 members (excludes halogenated alkanes) is 1. The Morgan fingerprint density at radius 2 is 1.90 bits per heavy atom. The van der Waals surface area contributed by atoms with Crippen LogP contribution in [0.2, 0.25) is 0 Å². The molecule has 0 saturated heterocycles. The first-order chi connectivity index (χ1) is 9.70. The van der Waals surface area contributed by atoms with Gasteiger partial charge in [-0.3, -0.25) is 4.79 Å². The van der Waals surface area contributed by atoms with E-state index in [2.05, 4.69) is 6.92 Å². The molecule has 0 heterocycles. The number of hydrogen-bond donors (Lipinski definition) is 0. The van der Waals surface area contributed by atoms with Crippen molar-refractivity contribution in [2.24, 2.45) is 11.8 Å². The van der Waals surface area contributed by atoms with Gasteiger partial charge in [-0.2, -0.15) is 0 Å². The van der Waals surface area contributed by atoms with Gasteiger partial charge in [0.25, 0.3) is 0 Å². The predicted octanol–water partition coefficient (Wildman–Crippen LogP) is 4.90. The monoisotopic (exact) mass is 274 g/mol. The van der Waals surface area contributed by atoms with Crippen LogP contribution in [0.1, 0.15) is 57.4 Å². The second-order valence-corrected chi connectivity index (χ2v) is 6.05. The molecule has 110 valence electrons. The molecule has 0 aliphatic heterocycles. The van der Waals surface area contributed by atoms with Crippen molar-refractivity contribution in [3.05, 3.63) is 29.8 Å². The second-order valence-electron chi connectivity index (χ2n) is 6.05. The molecule has 0 amide bonds. The maximum Gasteiger partial charge on any atom is 0.314 e. The first-order valence-corrected chi connectivity index (χ1v) is 7.98. The molecule has 20 heavy (non-hydrogen) atoms. The first-order valence-electron chi connectivity index (χ1n) is 7.98. The molecule has 1 aromatic rings. The Hall–Kier alpha value is -1.31. The van der Waals surface area contributed by atoms with E-state index in [0.717, 1.165) is 24.3 Å². The Morgan fingerprint density at radius 3 is 2.55 bits per heavy atom. The van der Waals surface area contributed by atoms with E-state index in [1.54, 1.807) is 0 Å². The fourth-order valence-corrected chi connectivity index (χ4v) is 3.04. The summed E-state index contributed by atoms with van der Waals surface area (Å²) in [4.78, 5) is 12.2. The lowest BCUT2D eigenvalue weighted by Crippen LogP contribution is -2.25. The van der Waals surface area contributed by atoms with Crippen LogP contribution in [0, 0.1) is 18.8 Å². The third-order valence-corrected chi connectivity index (χ3v) is 4.45. The Bertz CT molecular complexity index is 431. The number of hydrogen-bond acceptors (Lipinski definition) is 2. The van der Waals surface area contributed by atoms with Crippen molar-refractivity contribution in [3.63, 3.8) is 0 Å². The Labute approximate surface area is 122 Å². The highest BCUT2D eigenvalue weighted by molar-refractivity contribution is 5.75. The van der Waals surface area contributed by atoms with E-state index in [-0.39, 0.29) is 11.9 Å². The van der Waals surface area contributed by atoms with Gasteiger partial charge in [-0.1, -0.05) is 44.4 Å². The molecular weight excluding hydrogens is 248 g/mol. The van der Waals surface area contributed by atoms with Crippen LogP contribution in [0.15, 0.2) is 24.3 Å². The highest BCUT2D eigenvalue weighted by Gasteiger charge is 2.27. The minimum absolute atomic E-state index is 0.0340. The SMILES string of the molecule is CCCCC1CCC(C(=O)Oc2ccccc2C)CC1. The highest BCUT2D eigenvalue weighted by Crippen LogP contribution is 2.33. The van der Waals surface area contributed by atoms with Gasteiger partial charge in [0.05, 0.1) is 5.92 Å². The van der Waals surface area contributed by atoms with E-state index >= 15 is 0 Å². The van der Waals surface area contributed by atoms with E-state index in [9.17, 15) is 4.79 Å². The van der Waals surface area contributed by atoms with Crippen LogP contribution in [-0.4, -0.2) is 5.97 Å². The quantitative estimate of drug-likeness (QED) is 0.564. The summed E-state index contributed by atoms with van der Waals surface area (Å²) in [5, 5.41) is 0. The van der Waals surface area contributed by atoms with Crippen LogP contribution in [0.5, 0.6) is 5.75 Å². The van der Waals surface area contributed by atoms with Gasteiger partial charge in [0.15, 0.2) is 0 Å². The minimum atomic E-state index is -0.0340. The molecule has 0 unspecified atom stereocenters. The number of ether oxygens (including phenoxy) is 1. The van der Waals surface area contributed by atoms with E-state index in [4.69, 9.17) is 4.74 Å². The van der Waals surface area contributed by atoms with Crippen molar-refractivity contribution in [3.8, 4) is 5.75 Å². The molecule has 1 saturated carbocycles. The molecule has 0 bridgehead atoms. The fourth-order valence-electron chi connectivity index (χ4n) is 3.04. The van der Waals surface area contributed by atoms with Crippen molar-refractivity contribution in [2.45, 2.75) is 58.8 Å². The summed E-state index contributed by atoms with van der Waals surface area (Å²) in [6.07, 6.45) is 8.30. The van der Waals surface area contributed by atoms with Crippen LogP contribution in [0.25, 0.3) is 0 Å². The van der Waals surface area contributed by atoms with Crippen LogP contribution in [0.4, 0.5) is 0 Å².